The molecule has 0 aliphatic carbocycles. The van der Waals surface area contributed by atoms with E-state index in [-0.39, 0.29) is 0 Å². The van der Waals surface area contributed by atoms with E-state index in [1.54, 1.807) is 30.3 Å². The number of aryl methyl sites for hydroxylation is 2. The van der Waals surface area contributed by atoms with Crippen LogP contribution in [-0.4, -0.2) is 9.97 Å². The average Bonchev–Trinajstić information content (AvgIpc) is 2.20. The highest BCUT2D eigenvalue weighted by atomic mass is 35.5. The van der Waals surface area contributed by atoms with Gasteiger partial charge in [0.25, 0.3) is 0 Å². The fourth-order valence-electron chi connectivity index (χ4n) is 1.36. The summed E-state index contributed by atoms with van der Waals surface area (Å²) in [6.07, 6.45) is 0. The van der Waals surface area contributed by atoms with Crippen molar-refractivity contribution >= 4 is 11.6 Å². The number of aromatic nitrogens is 2. The first-order valence-electron chi connectivity index (χ1n) is 4.89. The van der Waals surface area contributed by atoms with Crippen LogP contribution >= 0.6 is 11.6 Å². The van der Waals surface area contributed by atoms with Gasteiger partial charge in [-0.15, -0.1) is 0 Å². The molecule has 82 valence electrons. The second-order valence-corrected chi connectivity index (χ2v) is 3.89. The molecule has 0 fully saturated rings. The van der Waals surface area contributed by atoms with Gasteiger partial charge < -0.3 is 4.74 Å². The monoisotopic (exact) mass is 234 g/mol. The van der Waals surface area contributed by atoms with E-state index in [0.717, 1.165) is 5.69 Å². The predicted molar refractivity (Wildman–Crippen MR) is 63.0 cm³/mol. The van der Waals surface area contributed by atoms with Crippen molar-refractivity contribution in [3.8, 4) is 11.6 Å². The third kappa shape index (κ3) is 2.70. The lowest BCUT2D eigenvalue weighted by molar-refractivity contribution is 0.459. The molecule has 0 amide bonds. The molecule has 0 spiro atoms. The Morgan fingerprint density at radius 3 is 2.38 bits per heavy atom. The quantitative estimate of drug-likeness (QED) is 0.797. The van der Waals surface area contributed by atoms with Crippen molar-refractivity contribution in [1.82, 2.24) is 9.97 Å². The SMILES string of the molecule is Cc1cc(Oc2ccc(Cl)cc2)nc(C)n1. The van der Waals surface area contributed by atoms with Crippen LogP contribution in [0.5, 0.6) is 11.6 Å². The van der Waals surface area contributed by atoms with E-state index in [2.05, 4.69) is 9.97 Å². The highest BCUT2D eigenvalue weighted by Gasteiger charge is 2.01. The molecule has 0 bridgehead atoms. The Hall–Kier alpha value is -1.61. The standard InChI is InChI=1S/C12H11ClN2O/c1-8-7-12(15-9(2)14-8)16-11-5-3-10(13)4-6-11/h3-7H,1-2H3. The lowest BCUT2D eigenvalue weighted by Gasteiger charge is -2.05. The van der Waals surface area contributed by atoms with Crippen LogP contribution in [0.25, 0.3) is 0 Å². The van der Waals surface area contributed by atoms with Gasteiger partial charge in [-0.05, 0) is 38.1 Å². The van der Waals surface area contributed by atoms with Crippen LogP contribution in [0.2, 0.25) is 5.02 Å². The van der Waals surface area contributed by atoms with Gasteiger partial charge in [0, 0.05) is 16.8 Å². The smallest absolute Gasteiger partial charge is 0.222 e. The van der Waals surface area contributed by atoms with Crippen molar-refractivity contribution in [2.75, 3.05) is 0 Å². The highest BCUT2D eigenvalue weighted by molar-refractivity contribution is 6.30. The molecule has 2 aromatic rings. The fraction of sp³-hybridized carbons (Fsp3) is 0.167. The van der Waals surface area contributed by atoms with E-state index in [4.69, 9.17) is 16.3 Å². The summed E-state index contributed by atoms with van der Waals surface area (Å²) < 4.78 is 5.59. The Labute approximate surface area is 99.1 Å². The second-order valence-electron chi connectivity index (χ2n) is 3.45. The van der Waals surface area contributed by atoms with Gasteiger partial charge in [0.15, 0.2) is 0 Å². The molecule has 1 heterocycles. The molecule has 4 heteroatoms. The number of ether oxygens (including phenoxy) is 1. The third-order valence-electron chi connectivity index (χ3n) is 1.98. The van der Waals surface area contributed by atoms with Crippen molar-refractivity contribution in [3.63, 3.8) is 0 Å². The van der Waals surface area contributed by atoms with Crippen LogP contribution in [0.1, 0.15) is 11.5 Å². The zero-order valence-corrected chi connectivity index (χ0v) is 9.82. The first-order valence-corrected chi connectivity index (χ1v) is 5.27. The summed E-state index contributed by atoms with van der Waals surface area (Å²) in [7, 11) is 0. The molecule has 0 radical (unpaired) electrons. The molecule has 2 rings (SSSR count). The van der Waals surface area contributed by atoms with E-state index >= 15 is 0 Å². The maximum Gasteiger partial charge on any atom is 0.222 e. The van der Waals surface area contributed by atoms with Gasteiger partial charge in [0.2, 0.25) is 5.88 Å². The molecule has 16 heavy (non-hydrogen) atoms. The average molecular weight is 235 g/mol. The van der Waals surface area contributed by atoms with Crippen molar-refractivity contribution in [2.45, 2.75) is 13.8 Å². The fourth-order valence-corrected chi connectivity index (χ4v) is 1.48. The number of hydrogen-bond donors (Lipinski definition) is 0. The molecule has 0 atom stereocenters. The van der Waals surface area contributed by atoms with Crippen molar-refractivity contribution in [3.05, 3.63) is 46.9 Å². The number of benzene rings is 1. The molecule has 0 N–H and O–H groups in total. The van der Waals surface area contributed by atoms with E-state index < -0.39 is 0 Å². The lowest BCUT2D eigenvalue weighted by Crippen LogP contribution is -1.94. The Morgan fingerprint density at radius 1 is 1.06 bits per heavy atom. The first kappa shape index (κ1) is 10.9. The van der Waals surface area contributed by atoms with Crippen LogP contribution < -0.4 is 4.74 Å². The van der Waals surface area contributed by atoms with Gasteiger partial charge >= 0.3 is 0 Å². The third-order valence-corrected chi connectivity index (χ3v) is 2.23. The summed E-state index contributed by atoms with van der Waals surface area (Å²) in [5, 5.41) is 0.683. The van der Waals surface area contributed by atoms with Gasteiger partial charge in [0.05, 0.1) is 0 Å². The van der Waals surface area contributed by atoms with Crippen LogP contribution in [0.3, 0.4) is 0 Å². The molecule has 1 aromatic carbocycles. The zero-order valence-electron chi connectivity index (χ0n) is 9.07. The molecule has 3 nitrogen and oxygen atoms in total. The minimum atomic E-state index is 0.548. The minimum absolute atomic E-state index is 0.548. The largest absolute Gasteiger partial charge is 0.439 e. The van der Waals surface area contributed by atoms with Crippen LogP contribution in [0, 0.1) is 13.8 Å². The lowest BCUT2D eigenvalue weighted by atomic mass is 10.3. The molecule has 0 aliphatic heterocycles. The van der Waals surface area contributed by atoms with Gasteiger partial charge in [-0.2, -0.15) is 4.98 Å². The molecule has 0 saturated carbocycles. The summed E-state index contributed by atoms with van der Waals surface area (Å²) >= 11 is 5.78. The summed E-state index contributed by atoms with van der Waals surface area (Å²) in [5.74, 6) is 1.96. The van der Waals surface area contributed by atoms with E-state index in [1.165, 1.54) is 0 Å². The summed E-state index contributed by atoms with van der Waals surface area (Å²) in [4.78, 5) is 8.36. The topological polar surface area (TPSA) is 35.0 Å². The summed E-state index contributed by atoms with van der Waals surface area (Å²) in [6, 6.07) is 8.95. The van der Waals surface area contributed by atoms with Crippen molar-refractivity contribution in [1.29, 1.82) is 0 Å². The number of nitrogens with zero attached hydrogens (tertiary/aromatic N) is 2. The Morgan fingerprint density at radius 2 is 1.75 bits per heavy atom. The molecule has 1 aromatic heterocycles. The molecule has 0 aliphatic rings. The maximum atomic E-state index is 5.78. The van der Waals surface area contributed by atoms with Crippen LogP contribution in [0.15, 0.2) is 30.3 Å². The number of halogens is 1. The molecular formula is C12H11ClN2O. The predicted octanol–water partition coefficient (Wildman–Crippen LogP) is 3.54. The van der Waals surface area contributed by atoms with E-state index in [0.29, 0.717) is 22.5 Å². The normalized spacial score (nSPS) is 10.2. The second kappa shape index (κ2) is 4.49. The molecule has 0 unspecified atom stereocenters. The maximum absolute atomic E-state index is 5.78. The van der Waals surface area contributed by atoms with Gasteiger partial charge in [-0.1, -0.05) is 11.6 Å². The highest BCUT2D eigenvalue weighted by Crippen LogP contribution is 2.21. The van der Waals surface area contributed by atoms with Crippen molar-refractivity contribution in [2.24, 2.45) is 0 Å². The number of hydrogen-bond acceptors (Lipinski definition) is 3. The first-order chi connectivity index (χ1) is 7.63. The van der Waals surface area contributed by atoms with Gasteiger partial charge in [0.1, 0.15) is 11.6 Å². The van der Waals surface area contributed by atoms with Gasteiger partial charge in [-0.25, -0.2) is 4.98 Å². The minimum Gasteiger partial charge on any atom is -0.439 e. The molecular weight excluding hydrogens is 224 g/mol. The Bertz CT molecular complexity index is 477. The molecule has 0 saturated heterocycles. The summed E-state index contributed by atoms with van der Waals surface area (Å²) in [6.45, 7) is 3.74. The van der Waals surface area contributed by atoms with E-state index in [9.17, 15) is 0 Å². The number of rotatable bonds is 2. The van der Waals surface area contributed by atoms with Gasteiger partial charge in [-0.3, -0.25) is 0 Å². The van der Waals surface area contributed by atoms with Crippen LogP contribution in [0.4, 0.5) is 0 Å². The Kier molecular flexibility index (Phi) is 3.06. The zero-order chi connectivity index (χ0) is 11.5. The Balaban J connectivity index is 2.23. The van der Waals surface area contributed by atoms with Crippen molar-refractivity contribution < 1.29 is 4.74 Å². The summed E-state index contributed by atoms with van der Waals surface area (Å²) in [5.41, 5.74) is 0.886. The van der Waals surface area contributed by atoms with E-state index in [1.807, 2.05) is 13.8 Å². The van der Waals surface area contributed by atoms with Crippen LogP contribution in [-0.2, 0) is 0 Å².